The zero-order chi connectivity index (χ0) is 19.0. The minimum atomic E-state index is -3.27. The second kappa shape index (κ2) is 6.59. The van der Waals surface area contributed by atoms with Crippen LogP contribution in [-0.2, 0) is 16.3 Å². The van der Waals surface area contributed by atoms with E-state index in [-0.39, 0.29) is 10.6 Å². The van der Waals surface area contributed by atoms with Gasteiger partial charge in [-0.3, -0.25) is 0 Å². The summed E-state index contributed by atoms with van der Waals surface area (Å²) in [4.78, 5) is 0.257. The van der Waals surface area contributed by atoms with E-state index >= 15 is 0 Å². The van der Waals surface area contributed by atoms with Gasteiger partial charge in [0.15, 0.2) is 9.84 Å². The van der Waals surface area contributed by atoms with Gasteiger partial charge >= 0.3 is 0 Å². The topological polar surface area (TPSA) is 63.6 Å². The van der Waals surface area contributed by atoms with Crippen LogP contribution in [0, 0.1) is 0 Å². The Bertz CT molecular complexity index is 1140. The predicted octanol–water partition coefficient (Wildman–Crippen LogP) is 4.30. The number of hydrogen-bond acceptors (Lipinski definition) is 4. The normalized spacial score (nSPS) is 13.8. The van der Waals surface area contributed by atoms with Crippen molar-refractivity contribution in [1.29, 1.82) is 0 Å². The van der Waals surface area contributed by atoms with Gasteiger partial charge in [-0.25, -0.2) is 8.42 Å². The van der Waals surface area contributed by atoms with E-state index in [1.807, 2.05) is 36.4 Å². The molecule has 3 aromatic carbocycles. The van der Waals surface area contributed by atoms with Gasteiger partial charge in [-0.05, 0) is 42.0 Å². The minimum absolute atomic E-state index is 0.181. The fraction of sp³-hybridized carbons (Fsp3) is 0.0909. The van der Waals surface area contributed by atoms with Crippen molar-refractivity contribution >= 4 is 21.2 Å². The number of aromatic hydroxyl groups is 1. The SMILES string of the molecule is CS(=O)(=O)c1ccc(C2=C(c3ccccc3O)Cc3ccccc3O2)cc1. The van der Waals surface area contributed by atoms with Crippen LogP contribution in [0.15, 0.2) is 77.7 Å². The highest BCUT2D eigenvalue weighted by atomic mass is 32.2. The smallest absolute Gasteiger partial charge is 0.175 e. The summed E-state index contributed by atoms with van der Waals surface area (Å²) in [6.07, 6.45) is 1.79. The average Bonchev–Trinajstić information content (AvgIpc) is 2.67. The van der Waals surface area contributed by atoms with E-state index in [9.17, 15) is 13.5 Å². The van der Waals surface area contributed by atoms with Crippen molar-refractivity contribution in [2.45, 2.75) is 11.3 Å². The number of fused-ring (bicyclic) bond motifs is 1. The largest absolute Gasteiger partial charge is 0.507 e. The number of phenolic OH excluding ortho intramolecular Hbond substituents is 1. The molecule has 0 fully saturated rings. The van der Waals surface area contributed by atoms with E-state index in [4.69, 9.17) is 4.74 Å². The molecule has 5 heteroatoms. The van der Waals surface area contributed by atoms with Gasteiger partial charge in [-0.2, -0.15) is 0 Å². The summed E-state index contributed by atoms with van der Waals surface area (Å²) in [7, 11) is -3.27. The third kappa shape index (κ3) is 3.34. The Morgan fingerprint density at radius 3 is 2.26 bits per heavy atom. The van der Waals surface area contributed by atoms with Crippen LogP contribution in [0.3, 0.4) is 0 Å². The molecule has 0 atom stereocenters. The van der Waals surface area contributed by atoms with Crippen LogP contribution in [0.2, 0.25) is 0 Å². The highest BCUT2D eigenvalue weighted by Gasteiger charge is 2.24. The van der Waals surface area contributed by atoms with Gasteiger partial charge in [0.25, 0.3) is 0 Å². The number of benzene rings is 3. The van der Waals surface area contributed by atoms with Crippen molar-refractivity contribution in [1.82, 2.24) is 0 Å². The first-order valence-electron chi connectivity index (χ1n) is 8.51. The molecule has 3 aromatic rings. The zero-order valence-corrected chi connectivity index (χ0v) is 15.5. The van der Waals surface area contributed by atoms with Crippen LogP contribution in [0.1, 0.15) is 16.7 Å². The number of allylic oxidation sites excluding steroid dienone is 1. The molecule has 27 heavy (non-hydrogen) atoms. The minimum Gasteiger partial charge on any atom is -0.507 e. The highest BCUT2D eigenvalue weighted by molar-refractivity contribution is 7.90. The number of sulfone groups is 1. The molecular weight excluding hydrogens is 360 g/mol. The number of rotatable bonds is 3. The third-order valence-corrected chi connectivity index (χ3v) is 5.73. The van der Waals surface area contributed by atoms with Crippen molar-refractivity contribution in [3.8, 4) is 11.5 Å². The van der Waals surface area contributed by atoms with Gasteiger partial charge in [0.1, 0.15) is 17.3 Å². The van der Waals surface area contributed by atoms with Crippen LogP contribution >= 0.6 is 0 Å². The zero-order valence-electron chi connectivity index (χ0n) is 14.7. The monoisotopic (exact) mass is 378 g/mol. The average molecular weight is 378 g/mol. The Morgan fingerprint density at radius 2 is 1.56 bits per heavy atom. The Balaban J connectivity index is 1.88. The second-order valence-corrected chi connectivity index (χ2v) is 8.52. The van der Waals surface area contributed by atoms with Crippen LogP contribution in [0.5, 0.6) is 11.5 Å². The molecular formula is C22H18O4S. The number of phenols is 1. The molecule has 1 aliphatic heterocycles. The molecule has 0 bridgehead atoms. The van der Waals surface area contributed by atoms with Gasteiger partial charge in [-0.1, -0.05) is 36.4 Å². The maximum atomic E-state index is 11.7. The molecule has 1 heterocycles. The molecule has 1 aliphatic rings. The van der Waals surface area contributed by atoms with Gasteiger partial charge < -0.3 is 9.84 Å². The molecule has 0 unspecified atom stereocenters. The molecule has 136 valence electrons. The molecule has 4 nitrogen and oxygen atoms in total. The van der Waals surface area contributed by atoms with E-state index in [2.05, 4.69) is 0 Å². The van der Waals surface area contributed by atoms with Crippen molar-refractivity contribution in [3.05, 3.63) is 89.5 Å². The van der Waals surface area contributed by atoms with Crippen LogP contribution < -0.4 is 4.74 Å². The summed E-state index contributed by atoms with van der Waals surface area (Å²) in [6.45, 7) is 0. The molecule has 0 amide bonds. The first kappa shape index (κ1) is 17.4. The lowest BCUT2D eigenvalue weighted by atomic mass is 9.91. The second-order valence-electron chi connectivity index (χ2n) is 6.51. The maximum absolute atomic E-state index is 11.7. The summed E-state index contributed by atoms with van der Waals surface area (Å²) < 4.78 is 29.7. The Labute approximate surface area is 158 Å². The van der Waals surface area contributed by atoms with Crippen LogP contribution in [-0.4, -0.2) is 19.8 Å². The molecule has 4 rings (SSSR count). The van der Waals surface area contributed by atoms with E-state index in [1.54, 1.807) is 36.4 Å². The fourth-order valence-electron chi connectivity index (χ4n) is 3.22. The number of ether oxygens (including phenoxy) is 1. The lowest BCUT2D eigenvalue weighted by molar-refractivity contribution is 0.471. The van der Waals surface area contributed by atoms with E-state index in [1.165, 1.54) is 6.26 Å². The molecule has 1 N–H and O–H groups in total. The number of para-hydroxylation sites is 2. The summed E-state index contributed by atoms with van der Waals surface area (Å²) in [6, 6.07) is 21.5. The van der Waals surface area contributed by atoms with E-state index in [0.29, 0.717) is 17.7 Å². The standard InChI is InChI=1S/C22H18O4S/c1-27(24,25)17-12-10-15(11-13-17)22-19(18-7-3-4-8-20(18)23)14-16-6-2-5-9-21(16)26-22/h2-13,23H,14H2,1H3. The summed E-state index contributed by atoms with van der Waals surface area (Å²) in [5, 5.41) is 10.4. The molecule has 0 radical (unpaired) electrons. The van der Waals surface area contributed by atoms with Crippen molar-refractivity contribution < 1.29 is 18.3 Å². The third-order valence-electron chi connectivity index (χ3n) is 4.60. The summed E-state index contributed by atoms with van der Waals surface area (Å²) in [5.74, 6) is 1.56. The van der Waals surface area contributed by atoms with Crippen molar-refractivity contribution in [2.75, 3.05) is 6.26 Å². The summed E-state index contributed by atoms with van der Waals surface area (Å²) >= 11 is 0. The Kier molecular flexibility index (Phi) is 4.24. The van der Waals surface area contributed by atoms with Crippen LogP contribution in [0.4, 0.5) is 0 Å². The van der Waals surface area contributed by atoms with E-state index < -0.39 is 9.84 Å². The molecule has 0 saturated carbocycles. The molecule has 0 spiro atoms. The maximum Gasteiger partial charge on any atom is 0.175 e. The lowest BCUT2D eigenvalue weighted by Crippen LogP contribution is -2.09. The Morgan fingerprint density at radius 1 is 0.889 bits per heavy atom. The van der Waals surface area contributed by atoms with Gasteiger partial charge in [0, 0.05) is 29.4 Å². The van der Waals surface area contributed by atoms with E-state index in [0.717, 1.165) is 22.4 Å². The lowest BCUT2D eigenvalue weighted by Gasteiger charge is -2.24. The van der Waals surface area contributed by atoms with Crippen molar-refractivity contribution in [2.24, 2.45) is 0 Å². The van der Waals surface area contributed by atoms with Crippen molar-refractivity contribution in [3.63, 3.8) is 0 Å². The van der Waals surface area contributed by atoms with Gasteiger partial charge in [-0.15, -0.1) is 0 Å². The molecule has 0 saturated heterocycles. The fourth-order valence-corrected chi connectivity index (χ4v) is 3.86. The first-order chi connectivity index (χ1) is 12.9. The molecule has 0 aliphatic carbocycles. The van der Waals surface area contributed by atoms with Crippen LogP contribution in [0.25, 0.3) is 11.3 Å². The molecule has 0 aromatic heterocycles. The first-order valence-corrected chi connectivity index (χ1v) is 10.4. The Hall–Kier alpha value is -3.05. The van der Waals surface area contributed by atoms with Gasteiger partial charge in [0.05, 0.1) is 4.90 Å². The predicted molar refractivity (Wildman–Crippen MR) is 105 cm³/mol. The quantitative estimate of drug-likeness (QED) is 0.738. The highest BCUT2D eigenvalue weighted by Crippen LogP contribution is 2.41. The number of hydrogen-bond donors (Lipinski definition) is 1. The van der Waals surface area contributed by atoms with Gasteiger partial charge in [0.2, 0.25) is 0 Å². The summed E-state index contributed by atoms with van der Waals surface area (Å²) in [5.41, 5.74) is 3.36.